The number of fused-ring (bicyclic) bond motifs is 1. The third-order valence-electron chi connectivity index (χ3n) is 4.30. The number of thiophene rings is 2. The van der Waals surface area contributed by atoms with Crippen LogP contribution in [0.25, 0.3) is 20.8 Å². The summed E-state index contributed by atoms with van der Waals surface area (Å²) < 4.78 is 51.0. The largest absolute Gasteiger partial charge is 0.463 e. The van der Waals surface area contributed by atoms with Crippen LogP contribution in [0, 0.1) is 6.92 Å². The van der Waals surface area contributed by atoms with E-state index in [9.17, 15) is 22.8 Å². The zero-order valence-electron chi connectivity index (χ0n) is 14.3. The van der Waals surface area contributed by atoms with E-state index in [-0.39, 0.29) is 39.4 Å². The van der Waals surface area contributed by atoms with Crippen molar-refractivity contribution in [2.24, 2.45) is 0 Å². The molecule has 0 saturated carbocycles. The molecule has 4 rings (SSSR count). The van der Waals surface area contributed by atoms with E-state index in [2.05, 4.69) is 4.98 Å². The van der Waals surface area contributed by atoms with Gasteiger partial charge in [-0.2, -0.15) is 13.2 Å². The van der Waals surface area contributed by atoms with Gasteiger partial charge in [0.05, 0.1) is 22.7 Å². The maximum atomic E-state index is 13.7. The van der Waals surface area contributed by atoms with Crippen LogP contribution < -0.4 is 0 Å². The van der Waals surface area contributed by atoms with Crippen molar-refractivity contribution >= 4 is 44.8 Å². The molecule has 146 valence electrons. The summed E-state index contributed by atoms with van der Waals surface area (Å²) in [6.07, 6.45) is -5.42. The summed E-state index contributed by atoms with van der Waals surface area (Å²) in [7, 11) is 0. The molecule has 3 aromatic rings. The Balaban J connectivity index is 1.82. The number of cyclic esters (lactones) is 1. The van der Waals surface area contributed by atoms with Crippen LogP contribution in [0.4, 0.5) is 13.2 Å². The predicted molar refractivity (Wildman–Crippen MR) is 97.5 cm³/mol. The first-order chi connectivity index (χ1) is 13.3. The van der Waals surface area contributed by atoms with Gasteiger partial charge in [-0.05, 0) is 30.0 Å². The summed E-state index contributed by atoms with van der Waals surface area (Å²) in [6, 6.07) is 4.40. The van der Waals surface area contributed by atoms with E-state index in [1.807, 2.05) is 0 Å². The van der Waals surface area contributed by atoms with E-state index in [4.69, 9.17) is 9.47 Å². The number of esters is 2. The fraction of sp³-hybridized carbons (Fsp3) is 0.278. The third kappa shape index (κ3) is 3.26. The van der Waals surface area contributed by atoms with Crippen LogP contribution in [0.5, 0.6) is 0 Å². The standard InChI is InChI=1S/C18H12F3NO4S2/c1-8-13-9(18(19,20)21)7-10(12-3-2-6-27-12)22-15(13)28-14(8)17(24)26-11-4-5-25-16(11)23/h2-3,6-7,11H,4-5H2,1H3. The molecule has 0 aromatic carbocycles. The lowest BCUT2D eigenvalue weighted by molar-refractivity contribution is -0.145. The monoisotopic (exact) mass is 427 g/mol. The molecule has 5 nitrogen and oxygen atoms in total. The zero-order valence-corrected chi connectivity index (χ0v) is 16.0. The van der Waals surface area contributed by atoms with E-state index >= 15 is 0 Å². The number of carbonyl (C=O) groups is 2. The van der Waals surface area contributed by atoms with Crippen molar-refractivity contribution in [1.29, 1.82) is 0 Å². The lowest BCUT2D eigenvalue weighted by Crippen LogP contribution is -2.22. The van der Waals surface area contributed by atoms with Gasteiger partial charge >= 0.3 is 18.1 Å². The maximum Gasteiger partial charge on any atom is 0.417 e. The van der Waals surface area contributed by atoms with Gasteiger partial charge in [0.25, 0.3) is 0 Å². The highest BCUT2D eigenvalue weighted by molar-refractivity contribution is 7.20. The number of hydrogen-bond acceptors (Lipinski definition) is 7. The molecular formula is C18H12F3NO4S2. The van der Waals surface area contributed by atoms with E-state index < -0.39 is 29.8 Å². The van der Waals surface area contributed by atoms with Crippen LogP contribution in [0.3, 0.4) is 0 Å². The Morgan fingerprint density at radius 1 is 1.39 bits per heavy atom. The van der Waals surface area contributed by atoms with Gasteiger partial charge < -0.3 is 9.47 Å². The topological polar surface area (TPSA) is 65.5 Å². The van der Waals surface area contributed by atoms with E-state index in [1.54, 1.807) is 17.5 Å². The summed E-state index contributed by atoms with van der Waals surface area (Å²) in [5.74, 6) is -1.50. The molecule has 1 unspecified atom stereocenters. The molecule has 10 heteroatoms. The molecule has 3 aromatic heterocycles. The number of pyridine rings is 1. The van der Waals surface area contributed by atoms with E-state index in [0.717, 1.165) is 17.4 Å². The Labute approximate surface area is 164 Å². The molecule has 1 atom stereocenters. The second-order valence-electron chi connectivity index (χ2n) is 6.12. The van der Waals surface area contributed by atoms with E-state index in [0.29, 0.717) is 4.88 Å². The van der Waals surface area contributed by atoms with Gasteiger partial charge in [0.2, 0.25) is 6.10 Å². The Hall–Kier alpha value is -2.46. The van der Waals surface area contributed by atoms with Crippen molar-refractivity contribution in [3.63, 3.8) is 0 Å². The maximum absolute atomic E-state index is 13.7. The second kappa shape index (κ2) is 6.85. The molecule has 1 fully saturated rings. The second-order valence-corrected chi connectivity index (χ2v) is 8.06. The van der Waals surface area contributed by atoms with Crippen molar-refractivity contribution in [3.8, 4) is 10.6 Å². The average Bonchev–Trinajstić information content (AvgIpc) is 3.35. The number of nitrogens with zero attached hydrogens (tertiary/aromatic N) is 1. The van der Waals surface area contributed by atoms with Crippen LogP contribution >= 0.6 is 22.7 Å². The first-order valence-electron chi connectivity index (χ1n) is 8.18. The molecule has 1 aliphatic heterocycles. The van der Waals surface area contributed by atoms with Crippen LogP contribution in [0.1, 0.15) is 27.2 Å². The Morgan fingerprint density at radius 2 is 2.18 bits per heavy atom. The van der Waals surface area contributed by atoms with Gasteiger partial charge in [-0.3, -0.25) is 0 Å². The lowest BCUT2D eigenvalue weighted by Gasteiger charge is -2.11. The Kier molecular flexibility index (Phi) is 4.62. The number of hydrogen-bond donors (Lipinski definition) is 0. The molecular weight excluding hydrogens is 415 g/mol. The Bertz CT molecular complexity index is 1070. The molecule has 0 spiro atoms. The summed E-state index contributed by atoms with van der Waals surface area (Å²) in [6.45, 7) is 1.57. The average molecular weight is 427 g/mol. The van der Waals surface area contributed by atoms with Crippen molar-refractivity contribution in [1.82, 2.24) is 4.98 Å². The zero-order chi connectivity index (χ0) is 20.1. The van der Waals surface area contributed by atoms with Crippen molar-refractivity contribution in [2.45, 2.75) is 25.6 Å². The third-order valence-corrected chi connectivity index (χ3v) is 6.36. The molecule has 1 saturated heterocycles. The molecule has 4 heterocycles. The molecule has 0 radical (unpaired) electrons. The predicted octanol–water partition coefficient (Wildman–Crippen LogP) is 4.82. The summed E-state index contributed by atoms with van der Waals surface area (Å²) >= 11 is 2.10. The number of alkyl halides is 3. The molecule has 0 bridgehead atoms. The number of halogens is 3. The molecule has 1 aliphatic rings. The number of carbonyl (C=O) groups excluding carboxylic acids is 2. The summed E-state index contributed by atoms with van der Waals surface area (Å²) in [5.41, 5.74) is -0.529. The van der Waals surface area contributed by atoms with Crippen LogP contribution in [0.2, 0.25) is 0 Å². The van der Waals surface area contributed by atoms with Gasteiger partial charge in [0, 0.05) is 11.8 Å². The van der Waals surface area contributed by atoms with Gasteiger partial charge in [0.15, 0.2) is 0 Å². The number of ether oxygens (including phenoxy) is 2. The number of rotatable bonds is 3. The molecule has 0 amide bonds. The minimum Gasteiger partial charge on any atom is -0.463 e. The first kappa shape index (κ1) is 18.9. The molecule has 0 N–H and O–H groups in total. The number of aromatic nitrogens is 1. The normalized spacial score (nSPS) is 17.1. The minimum absolute atomic E-state index is 0.00368. The highest BCUT2D eigenvalue weighted by Gasteiger charge is 2.37. The highest BCUT2D eigenvalue weighted by Crippen LogP contribution is 2.42. The quantitative estimate of drug-likeness (QED) is 0.561. The molecule has 28 heavy (non-hydrogen) atoms. The fourth-order valence-electron chi connectivity index (χ4n) is 2.98. The molecule has 0 aliphatic carbocycles. The van der Waals surface area contributed by atoms with Crippen molar-refractivity contribution < 1.29 is 32.2 Å². The minimum atomic E-state index is -4.62. The number of aryl methyl sites for hydroxylation is 1. The SMILES string of the molecule is Cc1c(C(=O)OC2CCOC2=O)sc2nc(-c3cccs3)cc(C(F)(F)F)c12. The summed E-state index contributed by atoms with van der Waals surface area (Å²) in [4.78, 5) is 29.0. The lowest BCUT2D eigenvalue weighted by atomic mass is 10.1. The first-order valence-corrected chi connectivity index (χ1v) is 9.88. The fourth-order valence-corrected chi connectivity index (χ4v) is 4.76. The Morgan fingerprint density at radius 3 is 2.79 bits per heavy atom. The highest BCUT2D eigenvalue weighted by atomic mass is 32.1. The van der Waals surface area contributed by atoms with Gasteiger partial charge in [0.1, 0.15) is 9.71 Å². The van der Waals surface area contributed by atoms with Crippen LogP contribution in [-0.4, -0.2) is 29.6 Å². The van der Waals surface area contributed by atoms with E-state index in [1.165, 1.54) is 18.3 Å². The summed E-state index contributed by atoms with van der Waals surface area (Å²) in [5, 5.41) is 1.62. The van der Waals surface area contributed by atoms with Gasteiger partial charge in [-0.25, -0.2) is 14.6 Å². The van der Waals surface area contributed by atoms with Gasteiger partial charge in [-0.15, -0.1) is 22.7 Å². The smallest absolute Gasteiger partial charge is 0.417 e. The van der Waals surface area contributed by atoms with Crippen molar-refractivity contribution in [3.05, 3.63) is 39.6 Å². The van der Waals surface area contributed by atoms with Crippen molar-refractivity contribution in [2.75, 3.05) is 6.61 Å². The van der Waals surface area contributed by atoms with Gasteiger partial charge in [-0.1, -0.05) is 6.07 Å². The van der Waals surface area contributed by atoms with Crippen LogP contribution in [0.15, 0.2) is 23.6 Å². The van der Waals surface area contributed by atoms with Crippen LogP contribution in [-0.2, 0) is 20.4 Å².